The number of hydrogen-bond acceptors (Lipinski definition) is 3. The minimum atomic E-state index is -0.372. The zero-order chi connectivity index (χ0) is 8.27. The topological polar surface area (TPSA) is 58.6 Å². The zero-order valence-electron chi connectivity index (χ0n) is 6.29. The van der Waals surface area contributed by atoms with Crippen LogP contribution in [-0.4, -0.2) is 36.7 Å². The summed E-state index contributed by atoms with van der Waals surface area (Å²) in [5.41, 5.74) is 0. The third kappa shape index (κ3) is 1.91. The molecule has 62 valence electrons. The summed E-state index contributed by atoms with van der Waals surface area (Å²) < 4.78 is 4.95. The van der Waals surface area contributed by atoms with Crippen LogP contribution in [0.4, 0.5) is 4.79 Å². The lowest BCUT2D eigenvalue weighted by Gasteiger charge is -2.11. The van der Waals surface area contributed by atoms with Gasteiger partial charge in [0.05, 0.1) is 0 Å². The summed E-state index contributed by atoms with van der Waals surface area (Å²) in [6.45, 7) is 2.67. The molecule has 0 aromatic heterocycles. The van der Waals surface area contributed by atoms with Gasteiger partial charge in [0.15, 0.2) is 0 Å². The first-order valence-electron chi connectivity index (χ1n) is 3.40. The molecule has 0 aromatic rings. The van der Waals surface area contributed by atoms with Crippen molar-refractivity contribution in [3.05, 3.63) is 0 Å². The highest BCUT2D eigenvalue weighted by atomic mass is 16.5. The van der Waals surface area contributed by atoms with Crippen molar-refractivity contribution < 1.29 is 14.3 Å². The maximum Gasteiger partial charge on any atom is 0.326 e. The second kappa shape index (κ2) is 3.34. The minimum absolute atomic E-state index is 0.110. The van der Waals surface area contributed by atoms with E-state index in [0.29, 0.717) is 6.61 Å². The second-order valence-corrected chi connectivity index (χ2v) is 2.17. The van der Waals surface area contributed by atoms with E-state index >= 15 is 0 Å². The van der Waals surface area contributed by atoms with Gasteiger partial charge < -0.3 is 4.74 Å². The summed E-state index contributed by atoms with van der Waals surface area (Å²) in [6.07, 6.45) is 0. The van der Waals surface area contributed by atoms with Gasteiger partial charge in [-0.2, -0.15) is 0 Å². The van der Waals surface area contributed by atoms with Crippen molar-refractivity contribution in [3.63, 3.8) is 0 Å². The molecule has 5 nitrogen and oxygen atoms in total. The Morgan fingerprint density at radius 2 is 2.36 bits per heavy atom. The summed E-state index contributed by atoms with van der Waals surface area (Å²) in [6, 6.07) is -0.372. The van der Waals surface area contributed by atoms with Crippen molar-refractivity contribution in [2.45, 2.75) is 6.92 Å². The Morgan fingerprint density at radius 3 is 2.82 bits per heavy atom. The summed E-state index contributed by atoms with van der Waals surface area (Å²) in [5.74, 6) is -0.269. The number of nitrogens with one attached hydrogen (secondary N) is 1. The predicted octanol–water partition coefficient (Wildman–Crippen LogP) is -0.468. The smallest absolute Gasteiger partial charge is 0.326 e. The second-order valence-electron chi connectivity index (χ2n) is 2.17. The Bertz CT molecular complexity index is 181. The van der Waals surface area contributed by atoms with Gasteiger partial charge in [-0.3, -0.25) is 15.0 Å². The number of ether oxygens (including phenoxy) is 1. The number of carbonyl (C=O) groups is 2. The van der Waals surface area contributed by atoms with E-state index in [1.54, 1.807) is 0 Å². The highest BCUT2D eigenvalue weighted by Gasteiger charge is 2.25. The zero-order valence-corrected chi connectivity index (χ0v) is 6.29. The third-order valence-corrected chi connectivity index (χ3v) is 1.32. The first kappa shape index (κ1) is 8.00. The number of urea groups is 1. The van der Waals surface area contributed by atoms with E-state index in [1.807, 2.05) is 6.92 Å². The van der Waals surface area contributed by atoms with Crippen LogP contribution in [0.15, 0.2) is 0 Å². The van der Waals surface area contributed by atoms with E-state index in [0.717, 1.165) is 0 Å². The van der Waals surface area contributed by atoms with Crippen LogP contribution >= 0.6 is 0 Å². The lowest BCUT2D eigenvalue weighted by molar-refractivity contribution is -0.118. The van der Waals surface area contributed by atoms with E-state index in [2.05, 4.69) is 5.32 Å². The van der Waals surface area contributed by atoms with Crippen molar-refractivity contribution in [1.82, 2.24) is 10.2 Å². The quantitative estimate of drug-likeness (QED) is 0.565. The molecule has 0 radical (unpaired) electrons. The molecule has 3 amide bonds. The molecule has 1 saturated heterocycles. The first-order valence-corrected chi connectivity index (χ1v) is 3.40. The molecule has 1 fully saturated rings. The van der Waals surface area contributed by atoms with E-state index in [9.17, 15) is 9.59 Å². The number of carbonyl (C=O) groups excluding carboxylic acids is 2. The predicted molar refractivity (Wildman–Crippen MR) is 36.7 cm³/mol. The van der Waals surface area contributed by atoms with Gasteiger partial charge in [0.25, 0.3) is 0 Å². The molecule has 1 rings (SSSR count). The molecule has 0 bridgehead atoms. The molecule has 0 spiro atoms. The maximum atomic E-state index is 10.8. The molecule has 0 unspecified atom stereocenters. The fourth-order valence-electron chi connectivity index (χ4n) is 0.789. The number of rotatable bonds is 3. The normalized spacial score (nSPS) is 17.4. The highest BCUT2D eigenvalue weighted by Crippen LogP contribution is 1.96. The Labute approximate surface area is 64.3 Å². The molecule has 1 aliphatic rings. The molecule has 0 aliphatic carbocycles. The van der Waals surface area contributed by atoms with Crippen molar-refractivity contribution in [3.8, 4) is 0 Å². The van der Waals surface area contributed by atoms with Crippen LogP contribution in [0.3, 0.4) is 0 Å². The molecule has 5 heteroatoms. The monoisotopic (exact) mass is 158 g/mol. The Balaban J connectivity index is 2.34. The van der Waals surface area contributed by atoms with Crippen LogP contribution in [0.5, 0.6) is 0 Å². The van der Waals surface area contributed by atoms with Gasteiger partial charge in [0.2, 0.25) is 5.91 Å². The van der Waals surface area contributed by atoms with Gasteiger partial charge in [-0.25, -0.2) is 4.79 Å². The molecular weight excluding hydrogens is 148 g/mol. The Hall–Kier alpha value is -1.10. The largest absolute Gasteiger partial charge is 0.361 e. The van der Waals surface area contributed by atoms with Crippen LogP contribution < -0.4 is 5.32 Å². The third-order valence-electron chi connectivity index (χ3n) is 1.32. The van der Waals surface area contributed by atoms with Gasteiger partial charge in [0.1, 0.15) is 13.3 Å². The lowest BCUT2D eigenvalue weighted by Crippen LogP contribution is -2.30. The number of imide groups is 1. The summed E-state index contributed by atoms with van der Waals surface area (Å²) in [7, 11) is 0. The van der Waals surface area contributed by atoms with E-state index in [4.69, 9.17) is 4.74 Å². The van der Waals surface area contributed by atoms with Crippen molar-refractivity contribution in [2.24, 2.45) is 0 Å². The van der Waals surface area contributed by atoms with Crippen molar-refractivity contribution in [1.29, 1.82) is 0 Å². The minimum Gasteiger partial charge on any atom is -0.361 e. The lowest BCUT2D eigenvalue weighted by atomic mass is 10.6. The molecule has 0 saturated carbocycles. The van der Waals surface area contributed by atoms with E-state index in [1.165, 1.54) is 4.90 Å². The summed E-state index contributed by atoms with van der Waals surface area (Å²) in [5, 5.41) is 2.14. The molecular formula is C6H10N2O3. The molecule has 0 atom stereocenters. The van der Waals surface area contributed by atoms with Gasteiger partial charge in [-0.05, 0) is 6.92 Å². The van der Waals surface area contributed by atoms with Crippen LogP contribution in [0.25, 0.3) is 0 Å². The van der Waals surface area contributed by atoms with E-state index in [-0.39, 0.29) is 25.2 Å². The standard InChI is InChI=1S/C6H10N2O3/c1-2-11-4-8-3-5(9)7-6(8)10/h2-4H2,1H3,(H,7,9,10). The summed E-state index contributed by atoms with van der Waals surface area (Å²) in [4.78, 5) is 22.7. The molecule has 1 heterocycles. The van der Waals surface area contributed by atoms with Crippen LogP contribution in [0.2, 0.25) is 0 Å². The fourth-order valence-corrected chi connectivity index (χ4v) is 0.789. The Morgan fingerprint density at radius 1 is 1.64 bits per heavy atom. The fraction of sp³-hybridized carbons (Fsp3) is 0.667. The molecule has 0 aromatic carbocycles. The van der Waals surface area contributed by atoms with Gasteiger partial charge in [-0.15, -0.1) is 0 Å². The SMILES string of the molecule is CCOCN1CC(=O)NC1=O. The van der Waals surface area contributed by atoms with Crippen LogP contribution in [0, 0.1) is 0 Å². The number of nitrogens with zero attached hydrogens (tertiary/aromatic N) is 1. The number of hydrogen-bond donors (Lipinski definition) is 1. The molecule has 1 aliphatic heterocycles. The van der Waals surface area contributed by atoms with Crippen LogP contribution in [-0.2, 0) is 9.53 Å². The van der Waals surface area contributed by atoms with Gasteiger partial charge in [-0.1, -0.05) is 0 Å². The Kier molecular flexibility index (Phi) is 2.43. The van der Waals surface area contributed by atoms with Gasteiger partial charge in [0, 0.05) is 6.61 Å². The van der Waals surface area contributed by atoms with Crippen molar-refractivity contribution >= 4 is 11.9 Å². The van der Waals surface area contributed by atoms with Crippen molar-refractivity contribution in [2.75, 3.05) is 19.9 Å². The maximum absolute atomic E-state index is 10.8. The first-order chi connectivity index (χ1) is 5.24. The molecule has 1 N–H and O–H groups in total. The van der Waals surface area contributed by atoms with Gasteiger partial charge >= 0.3 is 6.03 Å². The average Bonchev–Trinajstić information content (AvgIpc) is 2.26. The number of amides is 3. The highest BCUT2D eigenvalue weighted by molar-refractivity contribution is 6.01. The summed E-state index contributed by atoms with van der Waals surface area (Å²) >= 11 is 0. The van der Waals surface area contributed by atoms with Crippen LogP contribution in [0.1, 0.15) is 6.92 Å². The average molecular weight is 158 g/mol. The molecule has 11 heavy (non-hydrogen) atoms. The van der Waals surface area contributed by atoms with E-state index < -0.39 is 0 Å².